The molecule has 0 aromatic carbocycles. The predicted octanol–water partition coefficient (Wildman–Crippen LogP) is 2.20. The highest BCUT2D eigenvalue weighted by Crippen LogP contribution is 2.14. The Morgan fingerprint density at radius 3 is 3.09 bits per heavy atom. The van der Waals surface area contributed by atoms with Crippen molar-refractivity contribution in [2.75, 3.05) is 0 Å². The normalized spacial score (nSPS) is 12.5. The summed E-state index contributed by atoms with van der Waals surface area (Å²) in [5.41, 5.74) is 1.92. The zero-order valence-electron chi connectivity index (χ0n) is 12.2. The number of hydrogen-bond acceptors (Lipinski definition) is 4. The Kier molecular flexibility index (Phi) is 3.93. The van der Waals surface area contributed by atoms with Crippen LogP contribution in [0, 0.1) is 0 Å². The number of nitrogens with zero attached hydrogens (tertiary/aromatic N) is 5. The third-order valence-electron chi connectivity index (χ3n) is 3.35. The van der Waals surface area contributed by atoms with Crippen LogP contribution in [0.3, 0.4) is 0 Å². The van der Waals surface area contributed by atoms with Gasteiger partial charge < -0.3 is 5.32 Å². The molecule has 0 saturated carbocycles. The Morgan fingerprint density at radius 2 is 2.32 bits per heavy atom. The minimum atomic E-state index is -0.238. The molecule has 0 aliphatic carbocycles. The van der Waals surface area contributed by atoms with Crippen molar-refractivity contribution in [1.82, 2.24) is 29.7 Å². The van der Waals surface area contributed by atoms with Gasteiger partial charge in [-0.1, -0.05) is 0 Å². The van der Waals surface area contributed by atoms with E-state index in [1.165, 1.54) is 0 Å². The quantitative estimate of drug-likeness (QED) is 0.771. The molecule has 0 spiro atoms. The summed E-state index contributed by atoms with van der Waals surface area (Å²) in [5, 5.41) is 11.4. The van der Waals surface area contributed by atoms with Crippen LogP contribution in [0.25, 0.3) is 5.65 Å². The lowest BCUT2D eigenvalue weighted by Gasteiger charge is -2.14. The topological polar surface area (TPSA) is 77.1 Å². The van der Waals surface area contributed by atoms with Crippen molar-refractivity contribution in [2.24, 2.45) is 0 Å². The number of fused-ring (bicyclic) bond motifs is 1. The van der Waals surface area contributed by atoms with Gasteiger partial charge in [-0.15, -0.1) is 0 Å². The fraction of sp³-hybridized carbons (Fsp3) is 0.286. The SMILES string of the molecule is CCn1nccc1[C@H](C)NC(=O)c1cc2ncc(Br)cn2n1. The third kappa shape index (κ3) is 2.74. The molecule has 1 N–H and O–H groups in total. The molecular weight excluding hydrogens is 348 g/mol. The summed E-state index contributed by atoms with van der Waals surface area (Å²) in [6.07, 6.45) is 5.16. The Morgan fingerprint density at radius 1 is 1.50 bits per heavy atom. The highest BCUT2D eigenvalue weighted by Gasteiger charge is 2.17. The maximum Gasteiger partial charge on any atom is 0.272 e. The van der Waals surface area contributed by atoms with Crippen LogP contribution in [-0.2, 0) is 6.54 Å². The highest BCUT2D eigenvalue weighted by molar-refractivity contribution is 9.10. The van der Waals surface area contributed by atoms with Gasteiger partial charge in [0.15, 0.2) is 11.3 Å². The van der Waals surface area contributed by atoms with Crippen molar-refractivity contribution in [2.45, 2.75) is 26.4 Å². The van der Waals surface area contributed by atoms with Gasteiger partial charge in [0.25, 0.3) is 5.91 Å². The smallest absolute Gasteiger partial charge is 0.272 e. The maximum absolute atomic E-state index is 12.3. The van der Waals surface area contributed by atoms with E-state index in [0.29, 0.717) is 11.3 Å². The van der Waals surface area contributed by atoms with Gasteiger partial charge in [0.1, 0.15) is 0 Å². The van der Waals surface area contributed by atoms with Gasteiger partial charge in [0, 0.05) is 31.2 Å². The van der Waals surface area contributed by atoms with Crippen LogP contribution in [0.4, 0.5) is 0 Å². The van der Waals surface area contributed by atoms with Gasteiger partial charge in [-0.05, 0) is 35.8 Å². The molecule has 3 rings (SSSR count). The van der Waals surface area contributed by atoms with Crippen molar-refractivity contribution in [3.63, 3.8) is 0 Å². The molecule has 0 unspecified atom stereocenters. The summed E-state index contributed by atoms with van der Waals surface area (Å²) in [6.45, 7) is 4.69. The molecule has 22 heavy (non-hydrogen) atoms. The van der Waals surface area contributed by atoms with E-state index in [-0.39, 0.29) is 11.9 Å². The van der Waals surface area contributed by atoms with E-state index >= 15 is 0 Å². The first kappa shape index (κ1) is 14.7. The largest absolute Gasteiger partial charge is 0.343 e. The van der Waals surface area contributed by atoms with Crippen molar-refractivity contribution < 1.29 is 4.79 Å². The molecule has 0 saturated heterocycles. The lowest BCUT2D eigenvalue weighted by Crippen LogP contribution is -2.28. The van der Waals surface area contributed by atoms with Gasteiger partial charge in [0.2, 0.25) is 0 Å². The zero-order valence-corrected chi connectivity index (χ0v) is 13.8. The molecule has 0 aliphatic rings. The molecule has 7 nitrogen and oxygen atoms in total. The molecule has 3 heterocycles. The number of hydrogen-bond donors (Lipinski definition) is 1. The summed E-state index contributed by atoms with van der Waals surface area (Å²) in [6, 6.07) is 3.40. The first-order chi connectivity index (χ1) is 10.6. The van der Waals surface area contributed by atoms with Crippen molar-refractivity contribution in [3.05, 3.63) is 46.6 Å². The number of nitrogens with one attached hydrogen (secondary N) is 1. The average molecular weight is 363 g/mol. The summed E-state index contributed by atoms with van der Waals surface area (Å²) < 4.78 is 4.23. The van der Waals surface area contributed by atoms with Crippen LogP contribution >= 0.6 is 15.9 Å². The number of aryl methyl sites for hydroxylation is 1. The van der Waals surface area contributed by atoms with E-state index in [1.54, 1.807) is 29.2 Å². The fourth-order valence-corrected chi connectivity index (χ4v) is 2.58. The molecular formula is C14H15BrN6O. The number of amides is 1. The standard InChI is InChI=1S/C14H15BrN6O/c1-3-20-12(4-5-17-20)9(2)18-14(22)11-6-13-16-7-10(15)8-21(13)19-11/h4-9H,3H2,1-2H3,(H,18,22)/t9-/m0/s1. The summed E-state index contributed by atoms with van der Waals surface area (Å²) in [4.78, 5) is 16.5. The monoisotopic (exact) mass is 362 g/mol. The summed E-state index contributed by atoms with van der Waals surface area (Å²) in [5.74, 6) is -0.238. The zero-order chi connectivity index (χ0) is 15.7. The van der Waals surface area contributed by atoms with Crippen molar-refractivity contribution in [3.8, 4) is 0 Å². The molecule has 3 aromatic rings. The number of aromatic nitrogens is 5. The number of rotatable bonds is 4. The van der Waals surface area contributed by atoms with Gasteiger partial charge in [-0.3, -0.25) is 9.48 Å². The Labute approximate surface area is 135 Å². The van der Waals surface area contributed by atoms with Gasteiger partial charge in [0.05, 0.1) is 16.2 Å². The molecule has 114 valence electrons. The van der Waals surface area contributed by atoms with E-state index in [4.69, 9.17) is 0 Å². The second kappa shape index (κ2) is 5.88. The van der Waals surface area contributed by atoms with Crippen LogP contribution in [0.5, 0.6) is 0 Å². The second-order valence-electron chi connectivity index (χ2n) is 4.87. The van der Waals surface area contributed by atoms with E-state index in [1.807, 2.05) is 24.6 Å². The van der Waals surface area contributed by atoms with Gasteiger partial charge in [-0.25, -0.2) is 9.50 Å². The highest BCUT2D eigenvalue weighted by atomic mass is 79.9. The lowest BCUT2D eigenvalue weighted by atomic mass is 10.2. The van der Waals surface area contributed by atoms with Crippen molar-refractivity contribution >= 4 is 27.5 Å². The summed E-state index contributed by atoms with van der Waals surface area (Å²) >= 11 is 3.33. The average Bonchev–Trinajstić information content (AvgIpc) is 3.12. The molecule has 0 fully saturated rings. The maximum atomic E-state index is 12.3. The molecule has 0 aliphatic heterocycles. The Bertz CT molecular complexity index is 824. The molecule has 3 aromatic heterocycles. The molecule has 1 atom stereocenters. The number of carbonyl (C=O) groups excluding carboxylic acids is 1. The van der Waals surface area contributed by atoms with Crippen molar-refractivity contribution in [1.29, 1.82) is 0 Å². The summed E-state index contributed by atoms with van der Waals surface area (Å²) in [7, 11) is 0. The Hall–Kier alpha value is -2.22. The molecule has 1 amide bonds. The van der Waals surface area contributed by atoms with Crippen LogP contribution in [0.1, 0.15) is 36.1 Å². The van der Waals surface area contributed by atoms with Crippen LogP contribution in [0.2, 0.25) is 0 Å². The van der Waals surface area contributed by atoms with E-state index in [9.17, 15) is 4.79 Å². The van der Waals surface area contributed by atoms with Crippen LogP contribution < -0.4 is 5.32 Å². The van der Waals surface area contributed by atoms with E-state index in [0.717, 1.165) is 16.7 Å². The molecule has 8 heteroatoms. The first-order valence-electron chi connectivity index (χ1n) is 6.92. The first-order valence-corrected chi connectivity index (χ1v) is 7.71. The minimum Gasteiger partial charge on any atom is -0.343 e. The lowest BCUT2D eigenvalue weighted by molar-refractivity contribution is 0.0933. The van der Waals surface area contributed by atoms with Crippen LogP contribution in [0.15, 0.2) is 35.2 Å². The van der Waals surface area contributed by atoms with Crippen LogP contribution in [-0.4, -0.2) is 30.3 Å². The molecule has 0 radical (unpaired) electrons. The van der Waals surface area contributed by atoms with E-state index in [2.05, 4.69) is 36.4 Å². The van der Waals surface area contributed by atoms with Gasteiger partial charge in [-0.2, -0.15) is 10.2 Å². The predicted molar refractivity (Wildman–Crippen MR) is 84.5 cm³/mol. The number of halogens is 1. The number of carbonyl (C=O) groups is 1. The Balaban J connectivity index is 1.81. The molecule has 0 bridgehead atoms. The minimum absolute atomic E-state index is 0.153. The third-order valence-corrected chi connectivity index (χ3v) is 3.76. The second-order valence-corrected chi connectivity index (χ2v) is 5.79. The fourth-order valence-electron chi connectivity index (χ4n) is 2.28. The van der Waals surface area contributed by atoms with Gasteiger partial charge >= 0.3 is 0 Å². The van der Waals surface area contributed by atoms with E-state index < -0.39 is 0 Å².